The van der Waals surface area contributed by atoms with Crippen LogP contribution in [0.3, 0.4) is 0 Å². The van der Waals surface area contributed by atoms with Crippen molar-refractivity contribution in [1.29, 1.82) is 0 Å². The van der Waals surface area contributed by atoms with E-state index in [0.29, 0.717) is 6.54 Å². The van der Waals surface area contributed by atoms with Crippen LogP contribution in [-0.2, 0) is 6.54 Å². The second-order valence-corrected chi connectivity index (χ2v) is 5.29. The van der Waals surface area contributed by atoms with E-state index in [1.807, 2.05) is 24.3 Å². The van der Waals surface area contributed by atoms with Gasteiger partial charge in [0, 0.05) is 24.2 Å². The molecule has 0 saturated carbocycles. The first-order chi connectivity index (χ1) is 9.74. The van der Waals surface area contributed by atoms with Gasteiger partial charge in [-0.05, 0) is 29.8 Å². The lowest BCUT2D eigenvalue weighted by atomic mass is 10.0. The Bertz CT molecular complexity index is 528. The summed E-state index contributed by atoms with van der Waals surface area (Å²) in [5.41, 5.74) is 8.48. The van der Waals surface area contributed by atoms with E-state index in [4.69, 9.17) is 17.3 Å². The summed E-state index contributed by atoms with van der Waals surface area (Å²) in [6.07, 6.45) is 0. The van der Waals surface area contributed by atoms with Crippen LogP contribution in [0.5, 0.6) is 0 Å². The second-order valence-electron chi connectivity index (χ2n) is 4.86. The van der Waals surface area contributed by atoms with Crippen molar-refractivity contribution in [2.24, 2.45) is 5.73 Å². The van der Waals surface area contributed by atoms with Crippen LogP contribution in [0, 0.1) is 0 Å². The molecule has 0 aliphatic rings. The number of halogens is 1. The summed E-state index contributed by atoms with van der Waals surface area (Å²) in [5.74, 6) is 0. The number of benzene rings is 2. The number of nitrogens with zero attached hydrogens (tertiary/aromatic N) is 1. The molecule has 2 aromatic rings. The zero-order valence-corrected chi connectivity index (χ0v) is 12.6. The third kappa shape index (κ3) is 3.83. The highest BCUT2D eigenvalue weighted by Gasteiger charge is 2.18. The lowest BCUT2D eigenvalue weighted by molar-refractivity contribution is 0.203. The van der Waals surface area contributed by atoms with Gasteiger partial charge in [-0.25, -0.2) is 0 Å². The van der Waals surface area contributed by atoms with Crippen LogP contribution >= 0.6 is 11.6 Å². The van der Waals surface area contributed by atoms with Crippen molar-refractivity contribution in [3.05, 3.63) is 70.7 Å². The largest absolute Gasteiger partial charge is 0.329 e. The third-order valence-electron chi connectivity index (χ3n) is 3.53. The number of nitrogens with two attached hydrogens (primary N) is 1. The first-order valence-corrected chi connectivity index (χ1v) is 7.36. The molecule has 20 heavy (non-hydrogen) atoms. The van der Waals surface area contributed by atoms with Gasteiger partial charge in [0.05, 0.1) is 0 Å². The van der Waals surface area contributed by atoms with Crippen molar-refractivity contribution in [3.63, 3.8) is 0 Å². The smallest absolute Gasteiger partial charge is 0.0474 e. The SMILES string of the molecule is CCN(Cc1ccccc1)C(CN)c1cccc(Cl)c1. The van der Waals surface area contributed by atoms with E-state index in [1.165, 1.54) is 11.1 Å². The van der Waals surface area contributed by atoms with Gasteiger partial charge in [-0.1, -0.05) is 61.0 Å². The first kappa shape index (κ1) is 15.0. The summed E-state index contributed by atoms with van der Waals surface area (Å²) < 4.78 is 0. The van der Waals surface area contributed by atoms with E-state index in [0.717, 1.165) is 18.1 Å². The summed E-state index contributed by atoms with van der Waals surface area (Å²) in [6, 6.07) is 18.6. The van der Waals surface area contributed by atoms with Gasteiger partial charge in [0.2, 0.25) is 0 Å². The minimum atomic E-state index is 0.193. The fourth-order valence-corrected chi connectivity index (χ4v) is 2.67. The monoisotopic (exact) mass is 288 g/mol. The van der Waals surface area contributed by atoms with E-state index in [9.17, 15) is 0 Å². The minimum Gasteiger partial charge on any atom is -0.329 e. The molecule has 0 amide bonds. The maximum absolute atomic E-state index is 6.09. The fraction of sp³-hybridized carbons (Fsp3) is 0.294. The maximum atomic E-state index is 6.09. The van der Waals surface area contributed by atoms with Gasteiger partial charge in [0.25, 0.3) is 0 Å². The van der Waals surface area contributed by atoms with Crippen LogP contribution in [0.4, 0.5) is 0 Å². The Labute approximate surface area is 126 Å². The summed E-state index contributed by atoms with van der Waals surface area (Å²) in [7, 11) is 0. The first-order valence-electron chi connectivity index (χ1n) is 6.98. The molecule has 0 fully saturated rings. The third-order valence-corrected chi connectivity index (χ3v) is 3.77. The lowest BCUT2D eigenvalue weighted by Crippen LogP contribution is -2.33. The molecule has 0 aliphatic heterocycles. The van der Waals surface area contributed by atoms with Gasteiger partial charge in [0.1, 0.15) is 0 Å². The number of rotatable bonds is 6. The van der Waals surface area contributed by atoms with Crippen molar-refractivity contribution in [1.82, 2.24) is 4.90 Å². The van der Waals surface area contributed by atoms with Crippen molar-refractivity contribution in [2.75, 3.05) is 13.1 Å². The van der Waals surface area contributed by atoms with Gasteiger partial charge >= 0.3 is 0 Å². The molecule has 0 saturated heterocycles. The molecule has 1 unspecified atom stereocenters. The number of hydrogen-bond donors (Lipinski definition) is 1. The van der Waals surface area contributed by atoms with E-state index in [-0.39, 0.29) is 6.04 Å². The Morgan fingerprint density at radius 2 is 1.85 bits per heavy atom. The highest BCUT2D eigenvalue weighted by atomic mass is 35.5. The van der Waals surface area contributed by atoms with Gasteiger partial charge in [-0.2, -0.15) is 0 Å². The van der Waals surface area contributed by atoms with E-state index >= 15 is 0 Å². The van der Waals surface area contributed by atoms with Gasteiger partial charge < -0.3 is 5.73 Å². The standard InChI is InChI=1S/C17H21ClN2/c1-2-20(13-14-7-4-3-5-8-14)17(12-19)15-9-6-10-16(18)11-15/h3-11,17H,2,12-13,19H2,1H3. The highest BCUT2D eigenvalue weighted by Crippen LogP contribution is 2.24. The van der Waals surface area contributed by atoms with Gasteiger partial charge in [-0.3, -0.25) is 4.90 Å². The van der Waals surface area contributed by atoms with Crippen LogP contribution in [0.25, 0.3) is 0 Å². The van der Waals surface area contributed by atoms with E-state index in [1.54, 1.807) is 0 Å². The Morgan fingerprint density at radius 1 is 1.10 bits per heavy atom. The summed E-state index contributed by atoms with van der Waals surface area (Å²) in [6.45, 7) is 4.59. The quantitative estimate of drug-likeness (QED) is 0.874. The molecule has 0 spiro atoms. The molecular formula is C17H21ClN2. The van der Waals surface area contributed by atoms with Gasteiger partial charge in [0.15, 0.2) is 0 Å². The topological polar surface area (TPSA) is 29.3 Å². The molecule has 2 rings (SSSR count). The van der Waals surface area contributed by atoms with Crippen molar-refractivity contribution < 1.29 is 0 Å². The zero-order valence-electron chi connectivity index (χ0n) is 11.8. The molecule has 0 bridgehead atoms. The Balaban J connectivity index is 2.19. The van der Waals surface area contributed by atoms with Crippen LogP contribution in [-0.4, -0.2) is 18.0 Å². The summed E-state index contributed by atoms with van der Waals surface area (Å²) in [5, 5.41) is 0.761. The Kier molecular flexibility index (Phi) is 5.60. The maximum Gasteiger partial charge on any atom is 0.0474 e. The molecule has 2 nitrogen and oxygen atoms in total. The minimum absolute atomic E-state index is 0.193. The molecule has 3 heteroatoms. The predicted octanol–water partition coefficient (Wildman–Crippen LogP) is 3.86. The average Bonchev–Trinajstić information content (AvgIpc) is 2.48. The number of likely N-dealkylation sites (N-methyl/N-ethyl adjacent to an activating group) is 1. The van der Waals surface area contributed by atoms with Crippen LogP contribution in [0.2, 0.25) is 5.02 Å². The molecular weight excluding hydrogens is 268 g/mol. The average molecular weight is 289 g/mol. The summed E-state index contributed by atoms with van der Waals surface area (Å²) >= 11 is 6.09. The molecule has 0 aliphatic carbocycles. The van der Waals surface area contributed by atoms with E-state index in [2.05, 4.69) is 42.2 Å². The van der Waals surface area contributed by atoms with Crippen LogP contribution in [0.1, 0.15) is 24.1 Å². The Hall–Kier alpha value is -1.35. The molecule has 1 atom stereocenters. The van der Waals surface area contributed by atoms with Crippen molar-refractivity contribution >= 4 is 11.6 Å². The molecule has 0 radical (unpaired) electrons. The van der Waals surface area contributed by atoms with Gasteiger partial charge in [-0.15, -0.1) is 0 Å². The Morgan fingerprint density at radius 3 is 2.45 bits per heavy atom. The number of hydrogen-bond acceptors (Lipinski definition) is 2. The molecule has 106 valence electrons. The zero-order chi connectivity index (χ0) is 14.4. The van der Waals surface area contributed by atoms with Crippen LogP contribution in [0.15, 0.2) is 54.6 Å². The van der Waals surface area contributed by atoms with Crippen LogP contribution < -0.4 is 5.73 Å². The lowest BCUT2D eigenvalue weighted by Gasteiger charge is -2.30. The fourth-order valence-electron chi connectivity index (χ4n) is 2.47. The molecule has 2 N–H and O–H groups in total. The molecule has 0 heterocycles. The molecule has 2 aromatic carbocycles. The van der Waals surface area contributed by atoms with Crippen molar-refractivity contribution in [3.8, 4) is 0 Å². The molecule has 0 aromatic heterocycles. The highest BCUT2D eigenvalue weighted by molar-refractivity contribution is 6.30. The normalized spacial score (nSPS) is 12.6. The second kappa shape index (κ2) is 7.44. The summed E-state index contributed by atoms with van der Waals surface area (Å²) in [4.78, 5) is 2.38. The van der Waals surface area contributed by atoms with E-state index < -0.39 is 0 Å². The predicted molar refractivity (Wildman–Crippen MR) is 85.8 cm³/mol. The van der Waals surface area contributed by atoms with Crippen molar-refractivity contribution in [2.45, 2.75) is 19.5 Å².